The Bertz CT molecular complexity index is 328. The second-order valence-electron chi connectivity index (χ2n) is 5.78. The van der Waals surface area contributed by atoms with Gasteiger partial charge in [0, 0.05) is 6.04 Å². The van der Waals surface area contributed by atoms with Crippen LogP contribution in [0.5, 0.6) is 0 Å². The third-order valence-corrected chi connectivity index (χ3v) is 4.12. The molecule has 0 aliphatic heterocycles. The van der Waals surface area contributed by atoms with Crippen molar-refractivity contribution in [2.24, 2.45) is 0 Å². The van der Waals surface area contributed by atoms with Crippen LogP contribution < -0.4 is 5.32 Å². The molecule has 0 heterocycles. The third kappa shape index (κ3) is 6.56. The first-order valence-corrected chi connectivity index (χ1v) is 8.64. The first kappa shape index (κ1) is 17.2. The molecule has 1 rings (SSSR count). The zero-order chi connectivity index (χ0) is 14.6. The van der Waals surface area contributed by atoms with E-state index in [1.54, 1.807) is 0 Å². The summed E-state index contributed by atoms with van der Waals surface area (Å²) in [6, 6.07) is 9.65. The highest BCUT2D eigenvalue weighted by atomic mass is 14.9. The van der Waals surface area contributed by atoms with Crippen molar-refractivity contribution >= 4 is 0 Å². The molecule has 0 saturated heterocycles. The van der Waals surface area contributed by atoms with Gasteiger partial charge in [-0.3, -0.25) is 0 Å². The summed E-state index contributed by atoms with van der Waals surface area (Å²) in [4.78, 5) is 0. The topological polar surface area (TPSA) is 12.0 Å². The van der Waals surface area contributed by atoms with Gasteiger partial charge in [-0.05, 0) is 36.9 Å². The fourth-order valence-electron chi connectivity index (χ4n) is 2.67. The van der Waals surface area contributed by atoms with Crippen LogP contribution in [0.25, 0.3) is 0 Å². The zero-order valence-corrected chi connectivity index (χ0v) is 13.8. The van der Waals surface area contributed by atoms with Crippen LogP contribution in [-0.4, -0.2) is 6.54 Å². The van der Waals surface area contributed by atoms with Gasteiger partial charge in [0.1, 0.15) is 0 Å². The largest absolute Gasteiger partial charge is 0.310 e. The average molecular weight is 275 g/mol. The molecule has 0 aliphatic carbocycles. The molecule has 1 aromatic carbocycles. The van der Waals surface area contributed by atoms with Crippen molar-refractivity contribution in [3.05, 3.63) is 35.4 Å². The molecule has 0 fully saturated rings. The molecule has 0 radical (unpaired) electrons. The van der Waals surface area contributed by atoms with Crippen LogP contribution in [0, 0.1) is 0 Å². The fraction of sp³-hybridized carbons (Fsp3) is 0.684. The fourth-order valence-corrected chi connectivity index (χ4v) is 2.67. The Morgan fingerprint density at radius 1 is 0.850 bits per heavy atom. The normalized spacial score (nSPS) is 12.6. The number of aryl methyl sites for hydroxylation is 1. The van der Waals surface area contributed by atoms with Crippen molar-refractivity contribution in [1.82, 2.24) is 5.32 Å². The summed E-state index contributed by atoms with van der Waals surface area (Å²) in [5.41, 5.74) is 2.87. The van der Waals surface area contributed by atoms with Crippen molar-refractivity contribution in [3.63, 3.8) is 0 Å². The van der Waals surface area contributed by atoms with Gasteiger partial charge in [0.15, 0.2) is 0 Å². The van der Waals surface area contributed by atoms with Gasteiger partial charge >= 0.3 is 0 Å². The lowest BCUT2D eigenvalue weighted by Gasteiger charge is -2.18. The highest BCUT2D eigenvalue weighted by Gasteiger charge is 2.07. The van der Waals surface area contributed by atoms with E-state index in [0.29, 0.717) is 6.04 Å². The zero-order valence-electron chi connectivity index (χ0n) is 13.8. The minimum absolute atomic E-state index is 0.525. The average Bonchev–Trinajstić information content (AvgIpc) is 2.50. The Morgan fingerprint density at radius 2 is 1.50 bits per heavy atom. The van der Waals surface area contributed by atoms with Gasteiger partial charge in [0.05, 0.1) is 0 Å². The number of benzene rings is 1. The molecule has 0 spiro atoms. The molecule has 0 bridgehead atoms. The van der Waals surface area contributed by atoms with Gasteiger partial charge in [-0.1, -0.05) is 77.1 Å². The van der Waals surface area contributed by atoms with Crippen molar-refractivity contribution < 1.29 is 0 Å². The predicted octanol–water partition coefficient (Wildman–Crippen LogP) is 5.65. The van der Waals surface area contributed by atoms with Gasteiger partial charge in [-0.25, -0.2) is 0 Å². The second-order valence-corrected chi connectivity index (χ2v) is 5.78. The van der Waals surface area contributed by atoms with Crippen LogP contribution in [0.2, 0.25) is 0 Å². The molecular formula is C19H33N. The smallest absolute Gasteiger partial charge is 0.0317 e. The standard InChI is InChI=1S/C19H33N/c1-4-7-8-9-10-11-16-20-19(6-3)18-14-12-17(5-2)13-15-18/h12-15,19-20H,4-11,16H2,1-3H3. The van der Waals surface area contributed by atoms with Gasteiger partial charge in [-0.15, -0.1) is 0 Å². The van der Waals surface area contributed by atoms with E-state index < -0.39 is 0 Å². The Kier molecular flexibility index (Phi) is 9.40. The quantitative estimate of drug-likeness (QED) is 0.514. The first-order valence-electron chi connectivity index (χ1n) is 8.64. The first-order chi connectivity index (χ1) is 9.81. The second kappa shape index (κ2) is 10.9. The van der Waals surface area contributed by atoms with Crippen LogP contribution in [0.1, 0.15) is 82.9 Å². The summed E-state index contributed by atoms with van der Waals surface area (Å²) in [6.45, 7) is 7.91. The van der Waals surface area contributed by atoms with E-state index in [2.05, 4.69) is 50.4 Å². The van der Waals surface area contributed by atoms with Crippen molar-refractivity contribution in [3.8, 4) is 0 Å². The van der Waals surface area contributed by atoms with Gasteiger partial charge in [0.2, 0.25) is 0 Å². The molecule has 1 unspecified atom stereocenters. The monoisotopic (exact) mass is 275 g/mol. The summed E-state index contributed by atoms with van der Waals surface area (Å²) in [7, 11) is 0. The van der Waals surface area contributed by atoms with E-state index in [1.807, 2.05) is 0 Å². The van der Waals surface area contributed by atoms with Crippen LogP contribution >= 0.6 is 0 Å². The highest BCUT2D eigenvalue weighted by molar-refractivity contribution is 5.24. The van der Waals surface area contributed by atoms with E-state index in [9.17, 15) is 0 Å². The molecule has 0 aromatic heterocycles. The number of hydrogen-bond donors (Lipinski definition) is 1. The predicted molar refractivity (Wildman–Crippen MR) is 90.2 cm³/mol. The van der Waals surface area contributed by atoms with Crippen molar-refractivity contribution in [2.75, 3.05) is 6.54 Å². The Balaban J connectivity index is 2.24. The maximum absolute atomic E-state index is 3.71. The van der Waals surface area contributed by atoms with Crippen LogP contribution in [0.4, 0.5) is 0 Å². The molecule has 0 saturated carbocycles. The number of unbranched alkanes of at least 4 members (excludes halogenated alkanes) is 5. The minimum atomic E-state index is 0.525. The molecule has 1 nitrogen and oxygen atoms in total. The van der Waals surface area contributed by atoms with Crippen LogP contribution in [0.3, 0.4) is 0 Å². The van der Waals surface area contributed by atoms with Crippen LogP contribution in [-0.2, 0) is 6.42 Å². The van der Waals surface area contributed by atoms with Crippen molar-refractivity contribution in [1.29, 1.82) is 0 Å². The lowest BCUT2D eigenvalue weighted by molar-refractivity contribution is 0.493. The molecule has 1 aromatic rings. The summed E-state index contributed by atoms with van der Waals surface area (Å²) in [5.74, 6) is 0. The summed E-state index contributed by atoms with van der Waals surface area (Å²) in [6.07, 6.45) is 10.5. The molecule has 20 heavy (non-hydrogen) atoms. The number of rotatable bonds is 11. The van der Waals surface area contributed by atoms with Gasteiger partial charge < -0.3 is 5.32 Å². The molecule has 114 valence electrons. The summed E-state index contributed by atoms with van der Waals surface area (Å²) < 4.78 is 0. The van der Waals surface area contributed by atoms with E-state index in [4.69, 9.17) is 0 Å². The van der Waals surface area contributed by atoms with Gasteiger partial charge in [0.25, 0.3) is 0 Å². The lowest BCUT2D eigenvalue weighted by Crippen LogP contribution is -2.21. The Hall–Kier alpha value is -0.820. The SMILES string of the molecule is CCCCCCCCNC(CC)c1ccc(CC)cc1. The van der Waals surface area contributed by atoms with E-state index in [0.717, 1.165) is 13.0 Å². The Morgan fingerprint density at radius 3 is 2.10 bits per heavy atom. The molecule has 0 amide bonds. The number of hydrogen-bond acceptors (Lipinski definition) is 1. The lowest BCUT2D eigenvalue weighted by atomic mass is 10.0. The number of nitrogens with one attached hydrogen (secondary N) is 1. The molecule has 1 atom stereocenters. The summed E-state index contributed by atoms with van der Waals surface area (Å²) >= 11 is 0. The summed E-state index contributed by atoms with van der Waals surface area (Å²) in [5, 5.41) is 3.71. The highest BCUT2D eigenvalue weighted by Crippen LogP contribution is 2.17. The van der Waals surface area contributed by atoms with E-state index in [1.165, 1.54) is 56.1 Å². The van der Waals surface area contributed by atoms with Gasteiger partial charge in [-0.2, -0.15) is 0 Å². The van der Waals surface area contributed by atoms with Crippen molar-refractivity contribution in [2.45, 2.75) is 78.2 Å². The molecule has 1 heteroatoms. The van der Waals surface area contributed by atoms with E-state index in [-0.39, 0.29) is 0 Å². The minimum Gasteiger partial charge on any atom is -0.310 e. The Labute approximate surface area is 126 Å². The maximum atomic E-state index is 3.71. The molecule has 1 N–H and O–H groups in total. The van der Waals surface area contributed by atoms with E-state index >= 15 is 0 Å². The molecular weight excluding hydrogens is 242 g/mol. The molecule has 0 aliphatic rings. The third-order valence-electron chi connectivity index (χ3n) is 4.12. The maximum Gasteiger partial charge on any atom is 0.0317 e. The van der Waals surface area contributed by atoms with Crippen LogP contribution in [0.15, 0.2) is 24.3 Å².